The van der Waals surface area contributed by atoms with Gasteiger partial charge in [-0.3, -0.25) is 14.5 Å². The highest BCUT2D eigenvalue weighted by molar-refractivity contribution is 7.71. The van der Waals surface area contributed by atoms with E-state index in [9.17, 15) is 0 Å². The maximum absolute atomic E-state index is 6.00. The lowest BCUT2D eigenvalue weighted by Gasteiger charge is -2.31. The molecule has 1 fully saturated rings. The van der Waals surface area contributed by atoms with E-state index in [0.29, 0.717) is 17.4 Å². The third-order valence-corrected chi connectivity index (χ3v) is 8.21. The first-order valence-electron chi connectivity index (χ1n) is 11.9. The lowest BCUT2D eigenvalue weighted by Crippen LogP contribution is -2.36. The average Bonchev–Trinajstić information content (AvgIpc) is 3.47. The van der Waals surface area contributed by atoms with Crippen LogP contribution in [0.2, 0.25) is 0 Å². The number of aromatic nitrogens is 5. The van der Waals surface area contributed by atoms with Gasteiger partial charge < -0.3 is 0 Å². The molecule has 6 rings (SSSR count). The molecule has 1 aliphatic rings. The normalized spacial score (nSPS) is 16.7. The highest BCUT2D eigenvalue weighted by Crippen LogP contribution is 2.33. The van der Waals surface area contributed by atoms with Gasteiger partial charge in [0.05, 0.1) is 27.6 Å². The first-order chi connectivity index (χ1) is 17.2. The molecule has 0 N–H and O–H groups in total. The van der Waals surface area contributed by atoms with Crippen LogP contribution in [0.1, 0.15) is 29.3 Å². The largest absolute Gasteiger partial charge is 0.284 e. The van der Waals surface area contributed by atoms with Gasteiger partial charge in [0, 0.05) is 30.4 Å². The van der Waals surface area contributed by atoms with Gasteiger partial charge in [-0.15, -0.1) is 16.4 Å². The van der Waals surface area contributed by atoms with E-state index in [1.165, 1.54) is 16.1 Å². The van der Waals surface area contributed by atoms with Crippen LogP contribution in [0.4, 0.5) is 0 Å². The zero-order valence-corrected chi connectivity index (χ0v) is 21.2. The summed E-state index contributed by atoms with van der Waals surface area (Å²) in [5, 5.41) is 6.24. The van der Waals surface area contributed by atoms with Crippen molar-refractivity contribution in [1.82, 2.24) is 29.2 Å². The summed E-state index contributed by atoms with van der Waals surface area (Å²) in [6.07, 6.45) is 5.94. The van der Waals surface area contributed by atoms with Crippen molar-refractivity contribution in [2.75, 3.05) is 13.1 Å². The monoisotopic (exact) mass is 498 g/mol. The zero-order chi connectivity index (χ0) is 23.8. The maximum Gasteiger partial charge on any atom is 0.204 e. The van der Waals surface area contributed by atoms with E-state index in [4.69, 9.17) is 22.3 Å². The van der Waals surface area contributed by atoms with E-state index in [-0.39, 0.29) is 0 Å². The van der Waals surface area contributed by atoms with Gasteiger partial charge in [0.2, 0.25) is 4.77 Å². The number of aryl methyl sites for hydroxylation is 1. The van der Waals surface area contributed by atoms with Gasteiger partial charge in [-0.1, -0.05) is 30.3 Å². The van der Waals surface area contributed by atoms with Crippen LogP contribution in [0.5, 0.6) is 0 Å². The Balaban J connectivity index is 1.33. The van der Waals surface area contributed by atoms with Crippen molar-refractivity contribution in [2.45, 2.75) is 32.4 Å². The van der Waals surface area contributed by atoms with Crippen LogP contribution in [0.25, 0.3) is 27.3 Å². The number of rotatable bonds is 5. The van der Waals surface area contributed by atoms with Crippen molar-refractivity contribution in [1.29, 1.82) is 0 Å². The summed E-state index contributed by atoms with van der Waals surface area (Å²) >= 11 is 7.82. The number of hydrogen-bond donors (Lipinski definition) is 0. The smallest absolute Gasteiger partial charge is 0.204 e. The van der Waals surface area contributed by atoms with Crippen molar-refractivity contribution >= 4 is 33.8 Å². The molecule has 0 spiro atoms. The van der Waals surface area contributed by atoms with Crippen molar-refractivity contribution < 1.29 is 0 Å². The summed E-state index contributed by atoms with van der Waals surface area (Å²) in [6.45, 7) is 4.75. The van der Waals surface area contributed by atoms with Gasteiger partial charge in [-0.25, -0.2) is 9.67 Å². The molecule has 1 aliphatic heterocycles. The predicted octanol–water partition coefficient (Wildman–Crippen LogP) is 6.22. The topological polar surface area (TPSA) is 51.8 Å². The molecule has 8 heteroatoms. The number of benzene rings is 2. The maximum atomic E-state index is 6.00. The molecule has 3 aromatic heterocycles. The highest BCUT2D eigenvalue weighted by Gasteiger charge is 2.25. The van der Waals surface area contributed by atoms with Crippen LogP contribution < -0.4 is 0 Å². The number of piperidine rings is 1. The molecular formula is C27H26N6S2. The molecule has 0 bridgehead atoms. The van der Waals surface area contributed by atoms with Crippen LogP contribution >= 0.6 is 23.6 Å². The molecule has 0 aliphatic carbocycles. The van der Waals surface area contributed by atoms with Crippen molar-refractivity contribution in [3.05, 3.63) is 88.4 Å². The molecule has 2 aromatic carbocycles. The Bertz CT molecular complexity index is 1500. The van der Waals surface area contributed by atoms with Gasteiger partial charge in [-0.05, 0) is 74.4 Å². The molecule has 176 valence electrons. The first-order valence-corrected chi connectivity index (χ1v) is 13.1. The summed E-state index contributed by atoms with van der Waals surface area (Å²) < 4.78 is 6.00. The number of likely N-dealkylation sites (tertiary alicyclic amines) is 1. The van der Waals surface area contributed by atoms with Crippen LogP contribution in [-0.2, 0) is 6.67 Å². The minimum Gasteiger partial charge on any atom is -0.284 e. The standard InChI is InChI=1S/C27H26N6S2/c1-19-8-2-4-12-23(19)33-25(20-9-6-14-28-16-20)30-32(27(33)34)18-31-15-7-10-21(17-31)26-29-22-11-3-5-13-24(22)35-26/h2-6,8-9,11-14,16,21H,7,10,15,17-18H2,1H3. The van der Waals surface area contributed by atoms with E-state index >= 15 is 0 Å². The van der Waals surface area contributed by atoms with Gasteiger partial charge in [0.25, 0.3) is 0 Å². The molecule has 0 saturated carbocycles. The second-order valence-corrected chi connectivity index (χ2v) is 10.5. The fraction of sp³-hybridized carbons (Fsp3) is 0.259. The van der Waals surface area contributed by atoms with E-state index in [0.717, 1.165) is 47.7 Å². The molecule has 35 heavy (non-hydrogen) atoms. The quantitative estimate of drug-likeness (QED) is 0.269. The molecule has 0 amide bonds. The molecule has 1 saturated heterocycles. The van der Waals surface area contributed by atoms with Gasteiger partial charge in [-0.2, -0.15) is 0 Å². The SMILES string of the molecule is Cc1ccccc1-n1c(-c2cccnc2)nn(CN2CCCC(c3nc4ccccc4s3)C2)c1=S. The molecule has 1 unspecified atom stereocenters. The zero-order valence-electron chi connectivity index (χ0n) is 19.5. The van der Waals surface area contributed by atoms with Crippen LogP contribution in [0.15, 0.2) is 73.1 Å². The van der Waals surface area contributed by atoms with Crippen LogP contribution in [-0.4, -0.2) is 42.3 Å². The molecular weight excluding hydrogens is 472 g/mol. The summed E-state index contributed by atoms with van der Waals surface area (Å²) in [5.41, 5.74) is 4.26. The second-order valence-electron chi connectivity index (χ2n) is 9.05. The summed E-state index contributed by atoms with van der Waals surface area (Å²) in [4.78, 5) is 11.7. The van der Waals surface area contributed by atoms with E-state index < -0.39 is 0 Å². The minimum atomic E-state index is 0.437. The van der Waals surface area contributed by atoms with Gasteiger partial charge in [0.1, 0.15) is 0 Å². The Morgan fingerprint density at radius 3 is 2.74 bits per heavy atom. The predicted molar refractivity (Wildman–Crippen MR) is 144 cm³/mol. The van der Waals surface area contributed by atoms with Crippen molar-refractivity contribution in [3.8, 4) is 17.1 Å². The van der Waals surface area contributed by atoms with Gasteiger partial charge >= 0.3 is 0 Å². The molecule has 6 nitrogen and oxygen atoms in total. The third-order valence-electron chi connectivity index (χ3n) is 6.61. The first kappa shape index (κ1) is 22.3. The highest BCUT2D eigenvalue weighted by atomic mass is 32.1. The molecule has 5 aromatic rings. The number of para-hydroxylation sites is 2. The van der Waals surface area contributed by atoms with E-state index in [2.05, 4.69) is 57.8 Å². The molecule has 4 heterocycles. The number of pyridine rings is 1. The van der Waals surface area contributed by atoms with Crippen molar-refractivity contribution in [2.24, 2.45) is 0 Å². The lowest BCUT2D eigenvalue weighted by atomic mass is 9.99. The summed E-state index contributed by atoms with van der Waals surface area (Å²) in [7, 11) is 0. The third kappa shape index (κ3) is 4.33. The van der Waals surface area contributed by atoms with Crippen LogP contribution in [0, 0.1) is 11.7 Å². The Morgan fingerprint density at radius 1 is 1.06 bits per heavy atom. The molecule has 1 atom stereocenters. The Morgan fingerprint density at radius 2 is 1.91 bits per heavy atom. The van der Waals surface area contributed by atoms with Gasteiger partial charge in [0.15, 0.2) is 5.82 Å². The van der Waals surface area contributed by atoms with E-state index in [1.54, 1.807) is 6.20 Å². The fourth-order valence-corrected chi connectivity index (χ4v) is 6.23. The summed E-state index contributed by atoms with van der Waals surface area (Å²) in [5.74, 6) is 1.25. The number of thiazole rings is 1. The Hall–Kier alpha value is -3.20. The number of nitrogens with zero attached hydrogens (tertiary/aromatic N) is 6. The minimum absolute atomic E-state index is 0.437. The van der Waals surface area contributed by atoms with E-state index in [1.807, 2.05) is 46.5 Å². The fourth-order valence-electron chi connectivity index (χ4n) is 4.85. The summed E-state index contributed by atoms with van der Waals surface area (Å²) in [6, 6.07) is 20.7. The van der Waals surface area contributed by atoms with Crippen molar-refractivity contribution in [3.63, 3.8) is 0 Å². The lowest BCUT2D eigenvalue weighted by molar-refractivity contribution is 0.156. The van der Waals surface area contributed by atoms with Crippen LogP contribution in [0.3, 0.4) is 0 Å². The Kier molecular flexibility index (Phi) is 6.01. The second kappa shape index (κ2) is 9.45. The number of fused-ring (bicyclic) bond motifs is 1. The Labute approximate surface area is 213 Å². The average molecular weight is 499 g/mol. The molecule has 0 radical (unpaired) electrons. The number of hydrogen-bond acceptors (Lipinski definition) is 6.